The molecule has 1 aromatic rings. The third-order valence-electron chi connectivity index (χ3n) is 2.37. The van der Waals surface area contributed by atoms with Crippen LogP contribution in [0.3, 0.4) is 0 Å². The highest BCUT2D eigenvalue weighted by Gasteiger charge is 2.34. The maximum absolute atomic E-state index is 12.9. The predicted molar refractivity (Wildman–Crippen MR) is 59.9 cm³/mol. The van der Waals surface area contributed by atoms with Crippen LogP contribution in [0.1, 0.15) is 19.4 Å². The Morgan fingerprint density at radius 1 is 1.35 bits per heavy atom. The van der Waals surface area contributed by atoms with E-state index in [9.17, 15) is 17.8 Å². The van der Waals surface area contributed by atoms with Crippen molar-refractivity contribution in [2.45, 2.75) is 24.3 Å². The van der Waals surface area contributed by atoms with Gasteiger partial charge in [0.2, 0.25) is 0 Å². The third-order valence-corrected chi connectivity index (χ3v) is 4.27. The van der Waals surface area contributed by atoms with Crippen LogP contribution in [0.15, 0.2) is 18.2 Å². The Balaban J connectivity index is 2.89. The minimum absolute atomic E-state index is 0.128. The topological polar surface area (TPSA) is 54.4 Å². The maximum atomic E-state index is 12.9. The zero-order valence-corrected chi connectivity index (χ0v) is 10.2. The first kappa shape index (κ1) is 13.8. The molecule has 94 valence electrons. The van der Waals surface area contributed by atoms with Crippen LogP contribution >= 0.6 is 0 Å². The minimum atomic E-state index is -1.71. The van der Waals surface area contributed by atoms with Gasteiger partial charge in [-0.3, -0.25) is 9.00 Å². The lowest BCUT2D eigenvalue weighted by Gasteiger charge is -2.18. The van der Waals surface area contributed by atoms with Gasteiger partial charge in [-0.05, 0) is 31.5 Å². The molecule has 1 rings (SSSR count). The van der Waals surface area contributed by atoms with Gasteiger partial charge >= 0.3 is 5.97 Å². The predicted octanol–water partition coefficient (Wildman–Crippen LogP) is 2.08. The van der Waals surface area contributed by atoms with Gasteiger partial charge in [-0.25, -0.2) is 8.78 Å². The van der Waals surface area contributed by atoms with Gasteiger partial charge in [-0.2, -0.15) is 0 Å². The van der Waals surface area contributed by atoms with Gasteiger partial charge in [-0.15, -0.1) is 0 Å². The molecular formula is C11H12F2O3S. The molecule has 17 heavy (non-hydrogen) atoms. The van der Waals surface area contributed by atoms with Crippen molar-refractivity contribution in [3.05, 3.63) is 35.4 Å². The molecule has 0 radical (unpaired) electrons. The molecule has 1 unspecified atom stereocenters. The number of hydrogen-bond acceptors (Lipinski definition) is 2. The molecule has 0 amide bonds. The van der Waals surface area contributed by atoms with Crippen molar-refractivity contribution in [3.63, 3.8) is 0 Å². The lowest BCUT2D eigenvalue weighted by molar-refractivity contribution is -0.139. The highest BCUT2D eigenvalue weighted by Crippen LogP contribution is 2.18. The molecule has 3 nitrogen and oxygen atoms in total. The Morgan fingerprint density at radius 3 is 2.41 bits per heavy atom. The summed E-state index contributed by atoms with van der Waals surface area (Å²) >= 11 is 0. The summed E-state index contributed by atoms with van der Waals surface area (Å²) in [4.78, 5) is 10.8. The van der Waals surface area contributed by atoms with E-state index in [1.807, 2.05) is 0 Å². The Labute approximate surface area is 99.9 Å². The number of carboxylic acid groups (broad SMARTS) is 1. The highest BCUT2D eigenvalue weighted by molar-refractivity contribution is 7.86. The molecule has 1 aromatic carbocycles. The summed E-state index contributed by atoms with van der Waals surface area (Å²) in [6, 6.07) is 3.13. The minimum Gasteiger partial charge on any atom is -0.480 e. The fraction of sp³-hybridized carbons (Fsp3) is 0.364. The smallest absolute Gasteiger partial charge is 0.321 e. The molecule has 1 atom stereocenters. The van der Waals surface area contributed by atoms with Gasteiger partial charge in [0.05, 0.1) is 0 Å². The van der Waals surface area contributed by atoms with Crippen molar-refractivity contribution in [1.29, 1.82) is 0 Å². The molecule has 0 aromatic heterocycles. The summed E-state index contributed by atoms with van der Waals surface area (Å²) in [5.41, 5.74) is 0.302. The standard InChI is InChI=1S/C11H12F2O3S/c1-11(2,10(14)15)17(16)6-7-3-4-8(12)9(13)5-7/h3-5H,6H2,1-2H3,(H,14,15). The third kappa shape index (κ3) is 3.09. The number of carbonyl (C=O) groups is 1. The van der Waals surface area contributed by atoms with Crippen molar-refractivity contribution < 1.29 is 22.9 Å². The Morgan fingerprint density at radius 2 is 1.94 bits per heavy atom. The molecule has 0 spiro atoms. The van der Waals surface area contributed by atoms with Gasteiger partial charge < -0.3 is 5.11 Å². The van der Waals surface area contributed by atoms with Crippen LogP contribution in [0, 0.1) is 11.6 Å². The first-order chi connectivity index (χ1) is 7.75. The molecule has 0 saturated carbocycles. The molecule has 0 aliphatic rings. The zero-order chi connectivity index (χ0) is 13.2. The van der Waals surface area contributed by atoms with Crippen molar-refractivity contribution >= 4 is 16.8 Å². The number of aliphatic carboxylic acids is 1. The number of hydrogen-bond donors (Lipinski definition) is 1. The zero-order valence-electron chi connectivity index (χ0n) is 9.37. The Kier molecular flexibility index (Phi) is 3.98. The van der Waals surface area contributed by atoms with Crippen LogP contribution < -0.4 is 0 Å². The number of carboxylic acids is 1. The number of benzene rings is 1. The maximum Gasteiger partial charge on any atom is 0.321 e. The summed E-state index contributed by atoms with van der Waals surface area (Å²) in [7, 11) is -1.71. The van der Waals surface area contributed by atoms with Gasteiger partial charge in [0.15, 0.2) is 11.6 Å². The van der Waals surface area contributed by atoms with E-state index in [-0.39, 0.29) is 5.75 Å². The van der Waals surface area contributed by atoms with E-state index in [2.05, 4.69) is 0 Å². The van der Waals surface area contributed by atoms with E-state index in [1.165, 1.54) is 19.9 Å². The fourth-order valence-electron chi connectivity index (χ4n) is 1.06. The largest absolute Gasteiger partial charge is 0.480 e. The van der Waals surface area contributed by atoms with Gasteiger partial charge in [0, 0.05) is 16.6 Å². The van der Waals surface area contributed by atoms with Gasteiger partial charge in [0.25, 0.3) is 0 Å². The first-order valence-electron chi connectivity index (χ1n) is 4.81. The quantitative estimate of drug-likeness (QED) is 0.903. The summed E-state index contributed by atoms with van der Waals surface area (Å²) in [5, 5.41) is 8.86. The molecule has 0 bridgehead atoms. The van der Waals surface area contributed by atoms with E-state index in [0.29, 0.717) is 5.56 Å². The second kappa shape index (κ2) is 4.91. The monoisotopic (exact) mass is 262 g/mol. The van der Waals surface area contributed by atoms with E-state index in [1.54, 1.807) is 0 Å². The number of halogens is 2. The SMILES string of the molecule is CC(C)(C(=O)O)S(=O)Cc1ccc(F)c(F)c1. The van der Waals surface area contributed by atoms with Gasteiger partial charge in [-0.1, -0.05) is 6.07 Å². The van der Waals surface area contributed by atoms with E-state index in [4.69, 9.17) is 5.11 Å². The number of rotatable bonds is 4. The first-order valence-corrected chi connectivity index (χ1v) is 6.13. The molecule has 0 heterocycles. The molecule has 0 fully saturated rings. The summed E-state index contributed by atoms with van der Waals surface area (Å²) in [5.74, 6) is -3.35. The van der Waals surface area contributed by atoms with Gasteiger partial charge in [0.1, 0.15) is 4.75 Å². The Bertz CT molecular complexity index is 472. The molecule has 0 aliphatic heterocycles. The molecule has 0 saturated heterocycles. The van der Waals surface area contributed by atoms with E-state index < -0.39 is 33.2 Å². The van der Waals surface area contributed by atoms with Crippen LogP contribution in [0.25, 0.3) is 0 Å². The fourth-order valence-corrected chi connectivity index (χ4v) is 2.10. The Hall–Kier alpha value is -1.30. The van der Waals surface area contributed by atoms with Crippen LogP contribution in [-0.4, -0.2) is 20.0 Å². The lowest BCUT2D eigenvalue weighted by Crippen LogP contribution is -2.37. The van der Waals surface area contributed by atoms with Crippen LogP contribution in [-0.2, 0) is 21.3 Å². The second-order valence-electron chi connectivity index (χ2n) is 4.05. The normalized spacial score (nSPS) is 13.4. The summed E-state index contributed by atoms with van der Waals surface area (Å²) in [6.45, 7) is 2.65. The van der Waals surface area contributed by atoms with Crippen molar-refractivity contribution in [2.75, 3.05) is 0 Å². The average molecular weight is 262 g/mol. The highest BCUT2D eigenvalue weighted by atomic mass is 32.2. The van der Waals surface area contributed by atoms with Crippen LogP contribution in [0.4, 0.5) is 8.78 Å². The summed E-state index contributed by atoms with van der Waals surface area (Å²) < 4.78 is 35.9. The van der Waals surface area contributed by atoms with E-state index >= 15 is 0 Å². The summed E-state index contributed by atoms with van der Waals surface area (Å²) in [6.07, 6.45) is 0. The molecular weight excluding hydrogens is 250 g/mol. The molecule has 1 N–H and O–H groups in total. The van der Waals surface area contributed by atoms with Crippen molar-refractivity contribution in [1.82, 2.24) is 0 Å². The van der Waals surface area contributed by atoms with Crippen LogP contribution in [0.2, 0.25) is 0 Å². The van der Waals surface area contributed by atoms with Crippen molar-refractivity contribution in [2.24, 2.45) is 0 Å². The molecule has 0 aliphatic carbocycles. The second-order valence-corrected chi connectivity index (χ2v) is 6.05. The van der Waals surface area contributed by atoms with Crippen molar-refractivity contribution in [3.8, 4) is 0 Å². The van der Waals surface area contributed by atoms with Crippen LogP contribution in [0.5, 0.6) is 0 Å². The molecule has 6 heteroatoms. The van der Waals surface area contributed by atoms with E-state index in [0.717, 1.165) is 12.1 Å². The lowest BCUT2D eigenvalue weighted by atomic mass is 10.2. The average Bonchev–Trinajstić information content (AvgIpc) is 2.23.